The topological polar surface area (TPSA) is 73.6 Å². The van der Waals surface area contributed by atoms with Crippen LogP contribution in [0.3, 0.4) is 0 Å². The van der Waals surface area contributed by atoms with Gasteiger partial charge in [0.2, 0.25) is 0 Å². The normalized spacial score (nSPS) is 15.4. The third-order valence-corrected chi connectivity index (χ3v) is 3.70. The van der Waals surface area contributed by atoms with Gasteiger partial charge in [0, 0.05) is 17.8 Å². The highest BCUT2D eigenvalue weighted by Gasteiger charge is 2.29. The van der Waals surface area contributed by atoms with Crippen molar-refractivity contribution in [2.24, 2.45) is 0 Å². The molecule has 1 fully saturated rings. The first-order valence-electron chi connectivity index (χ1n) is 7.42. The Morgan fingerprint density at radius 2 is 1.70 bits per heavy atom. The minimum atomic E-state index is -0.414. The Balaban J connectivity index is 1.54. The number of nitrogens with one attached hydrogen (secondary N) is 1. The Morgan fingerprint density at radius 1 is 1.09 bits per heavy atom. The molecule has 3 rings (SSSR count). The van der Waals surface area contributed by atoms with Crippen LogP contribution in [-0.4, -0.2) is 31.3 Å². The van der Waals surface area contributed by atoms with Gasteiger partial charge < -0.3 is 14.6 Å². The fourth-order valence-electron chi connectivity index (χ4n) is 2.42. The summed E-state index contributed by atoms with van der Waals surface area (Å²) in [5.74, 6) is 0. The molecule has 2 aromatic rings. The molecule has 7 heteroatoms. The summed E-state index contributed by atoms with van der Waals surface area (Å²) in [5.41, 5.74) is 3.08. The van der Waals surface area contributed by atoms with Gasteiger partial charge in [-0.25, -0.2) is 0 Å². The van der Waals surface area contributed by atoms with Crippen LogP contribution in [0.2, 0.25) is 0 Å². The Labute approximate surface area is 134 Å². The number of hydrogen-bond donors (Lipinski definition) is 1. The van der Waals surface area contributed by atoms with Crippen LogP contribution in [0.25, 0.3) is 0 Å². The Morgan fingerprint density at radius 3 is 2.26 bits per heavy atom. The predicted molar refractivity (Wildman–Crippen MR) is 89.0 cm³/mol. The van der Waals surface area contributed by atoms with Gasteiger partial charge in [-0.15, -0.1) is 0 Å². The number of benzene rings is 2. The van der Waals surface area contributed by atoms with Gasteiger partial charge in [0.1, 0.15) is 0 Å². The second-order valence-electron chi connectivity index (χ2n) is 5.55. The molecule has 1 aliphatic heterocycles. The number of nitro benzene ring substituents is 1. The molecule has 0 aliphatic carbocycles. The summed E-state index contributed by atoms with van der Waals surface area (Å²) < 4.78 is 11.5. The van der Waals surface area contributed by atoms with Crippen molar-refractivity contribution in [3.63, 3.8) is 0 Å². The molecule has 1 aliphatic rings. The van der Waals surface area contributed by atoms with Gasteiger partial charge >= 0.3 is 7.12 Å². The zero-order valence-corrected chi connectivity index (χ0v) is 12.8. The second-order valence-corrected chi connectivity index (χ2v) is 5.55. The van der Waals surface area contributed by atoms with Gasteiger partial charge in [-0.1, -0.05) is 29.8 Å². The van der Waals surface area contributed by atoms with Gasteiger partial charge in [0.15, 0.2) is 0 Å². The van der Waals surface area contributed by atoms with Gasteiger partial charge in [-0.05, 0) is 24.5 Å². The summed E-state index contributed by atoms with van der Waals surface area (Å²) in [5, 5.41) is 13.9. The average Bonchev–Trinajstić information content (AvgIpc) is 2.57. The lowest BCUT2D eigenvalue weighted by molar-refractivity contribution is -0.384. The highest BCUT2D eigenvalue weighted by atomic mass is 16.6. The van der Waals surface area contributed by atoms with E-state index in [1.165, 1.54) is 17.7 Å². The predicted octanol–water partition coefficient (Wildman–Crippen LogP) is 2.13. The minimum absolute atomic E-state index is 0.0122. The molecular formula is C16H17BN2O4. The van der Waals surface area contributed by atoms with Gasteiger partial charge in [0.05, 0.1) is 24.2 Å². The standard InChI is InChI=1S/C16H17BN2O4/c1-12-2-4-13(5-3-12)17-22-10-15(11-23-17)18-14-6-8-16(9-7-14)19(20)21/h2-9,15,18H,10-11H2,1H3. The van der Waals surface area contributed by atoms with Gasteiger partial charge in [-0.2, -0.15) is 0 Å². The Hall–Kier alpha value is -2.38. The summed E-state index contributed by atoms with van der Waals surface area (Å²) in [6.45, 7) is 3.06. The quantitative estimate of drug-likeness (QED) is 0.532. The summed E-state index contributed by atoms with van der Waals surface area (Å²) in [7, 11) is -0.342. The second kappa shape index (κ2) is 6.81. The molecule has 6 nitrogen and oxygen atoms in total. The number of hydrogen-bond acceptors (Lipinski definition) is 5. The maximum Gasteiger partial charge on any atom is 0.494 e. The van der Waals surface area contributed by atoms with E-state index in [-0.39, 0.29) is 18.8 Å². The van der Waals surface area contributed by atoms with Crippen LogP contribution in [-0.2, 0) is 9.31 Å². The first kappa shape index (κ1) is 15.5. The molecule has 0 spiro atoms. The van der Waals surface area contributed by atoms with E-state index >= 15 is 0 Å². The van der Waals surface area contributed by atoms with E-state index in [9.17, 15) is 10.1 Å². The molecule has 118 valence electrons. The molecule has 0 amide bonds. The molecule has 1 N–H and O–H groups in total. The van der Waals surface area contributed by atoms with Crippen molar-refractivity contribution in [3.8, 4) is 0 Å². The summed E-state index contributed by atoms with van der Waals surface area (Å²) in [4.78, 5) is 10.2. The highest BCUT2D eigenvalue weighted by molar-refractivity contribution is 6.61. The number of rotatable bonds is 4. The third kappa shape index (κ3) is 3.88. The first-order chi connectivity index (χ1) is 11.1. The van der Waals surface area contributed by atoms with Crippen LogP contribution in [0, 0.1) is 17.0 Å². The maximum absolute atomic E-state index is 10.6. The van der Waals surface area contributed by atoms with E-state index in [0.717, 1.165) is 11.2 Å². The smallest absolute Gasteiger partial charge is 0.405 e. The Bertz CT molecular complexity index is 667. The zero-order valence-electron chi connectivity index (χ0n) is 12.8. The molecule has 1 saturated heterocycles. The van der Waals surface area contributed by atoms with E-state index in [1.807, 2.05) is 31.2 Å². The van der Waals surface area contributed by atoms with Crippen molar-refractivity contribution in [2.75, 3.05) is 18.5 Å². The number of nitrogens with zero attached hydrogens (tertiary/aromatic N) is 1. The van der Waals surface area contributed by atoms with Crippen LogP contribution in [0.4, 0.5) is 11.4 Å². The van der Waals surface area contributed by atoms with E-state index in [4.69, 9.17) is 9.31 Å². The highest BCUT2D eigenvalue weighted by Crippen LogP contribution is 2.17. The Kier molecular flexibility index (Phi) is 4.59. The van der Waals surface area contributed by atoms with Gasteiger partial charge in [0.25, 0.3) is 5.69 Å². The third-order valence-electron chi connectivity index (χ3n) is 3.70. The van der Waals surface area contributed by atoms with Gasteiger partial charge in [-0.3, -0.25) is 10.1 Å². The molecule has 0 unspecified atom stereocenters. The molecule has 0 radical (unpaired) electrons. The molecule has 0 atom stereocenters. The molecule has 23 heavy (non-hydrogen) atoms. The lowest BCUT2D eigenvalue weighted by atomic mass is 9.77. The molecule has 0 saturated carbocycles. The molecule has 2 aromatic carbocycles. The lowest BCUT2D eigenvalue weighted by Gasteiger charge is -2.28. The molecule has 0 bridgehead atoms. The number of nitro groups is 1. The van der Waals surface area contributed by atoms with E-state index in [0.29, 0.717) is 13.2 Å². The van der Waals surface area contributed by atoms with E-state index in [1.54, 1.807) is 12.1 Å². The molecule has 1 heterocycles. The fraction of sp³-hybridized carbons (Fsp3) is 0.250. The van der Waals surface area contributed by atoms with Crippen LogP contribution < -0.4 is 10.8 Å². The van der Waals surface area contributed by atoms with E-state index < -0.39 is 4.92 Å². The van der Waals surface area contributed by atoms with Crippen molar-refractivity contribution < 1.29 is 14.2 Å². The maximum atomic E-state index is 10.6. The van der Waals surface area contributed by atoms with Crippen molar-refractivity contribution in [2.45, 2.75) is 13.0 Å². The summed E-state index contributed by atoms with van der Waals surface area (Å²) in [6.07, 6.45) is 0. The van der Waals surface area contributed by atoms with Crippen molar-refractivity contribution in [3.05, 3.63) is 64.2 Å². The average molecular weight is 312 g/mol. The number of non-ortho nitro benzene ring substituents is 1. The zero-order chi connectivity index (χ0) is 16.2. The minimum Gasteiger partial charge on any atom is -0.405 e. The molecular weight excluding hydrogens is 295 g/mol. The van der Waals surface area contributed by atoms with Crippen molar-refractivity contribution in [1.82, 2.24) is 0 Å². The van der Waals surface area contributed by atoms with Crippen LogP contribution in [0.1, 0.15) is 5.56 Å². The van der Waals surface area contributed by atoms with Crippen molar-refractivity contribution >= 4 is 24.0 Å². The SMILES string of the molecule is Cc1ccc(B2OCC(Nc3ccc([N+](=O)[O-])cc3)CO2)cc1. The van der Waals surface area contributed by atoms with Crippen LogP contribution >= 0.6 is 0 Å². The largest absolute Gasteiger partial charge is 0.494 e. The lowest BCUT2D eigenvalue weighted by Crippen LogP contribution is -2.48. The monoisotopic (exact) mass is 312 g/mol. The molecule has 0 aromatic heterocycles. The van der Waals surface area contributed by atoms with Crippen molar-refractivity contribution in [1.29, 1.82) is 0 Å². The first-order valence-corrected chi connectivity index (χ1v) is 7.42. The number of anilines is 1. The van der Waals surface area contributed by atoms with Crippen LogP contribution in [0.5, 0.6) is 0 Å². The van der Waals surface area contributed by atoms with Crippen LogP contribution in [0.15, 0.2) is 48.5 Å². The fourth-order valence-corrected chi connectivity index (χ4v) is 2.42. The summed E-state index contributed by atoms with van der Waals surface area (Å²) in [6, 6.07) is 14.4. The van der Waals surface area contributed by atoms with E-state index in [2.05, 4.69) is 5.32 Å². The summed E-state index contributed by atoms with van der Waals surface area (Å²) >= 11 is 0. The number of aryl methyl sites for hydroxylation is 1.